The summed E-state index contributed by atoms with van der Waals surface area (Å²) in [7, 11) is 0. The number of halogens is 1. The van der Waals surface area contributed by atoms with E-state index in [1.54, 1.807) is 4.90 Å². The summed E-state index contributed by atoms with van der Waals surface area (Å²) in [5.74, 6) is -0.479. The Morgan fingerprint density at radius 2 is 2.32 bits per heavy atom. The van der Waals surface area contributed by atoms with Crippen LogP contribution in [0.4, 0.5) is 4.39 Å². The first-order chi connectivity index (χ1) is 9.11. The largest absolute Gasteiger partial charge is 0.396 e. The number of rotatable bonds is 3. The molecule has 2 rings (SSSR count). The van der Waals surface area contributed by atoms with Crippen LogP contribution in [0.2, 0.25) is 0 Å². The Bertz CT molecular complexity index is 465. The Morgan fingerprint density at radius 3 is 3.05 bits per heavy atom. The van der Waals surface area contributed by atoms with Crippen LogP contribution in [-0.2, 0) is 0 Å². The highest BCUT2D eigenvalue weighted by Crippen LogP contribution is 2.22. The van der Waals surface area contributed by atoms with Crippen molar-refractivity contribution in [1.29, 1.82) is 0 Å². The molecule has 19 heavy (non-hydrogen) atoms. The molecule has 1 atom stereocenters. The summed E-state index contributed by atoms with van der Waals surface area (Å²) < 4.78 is 13.7. The van der Waals surface area contributed by atoms with Gasteiger partial charge in [-0.2, -0.15) is 0 Å². The molecule has 1 amide bonds. The molecule has 0 aromatic heterocycles. The molecule has 5 heteroatoms. The van der Waals surface area contributed by atoms with Gasteiger partial charge >= 0.3 is 0 Å². The van der Waals surface area contributed by atoms with E-state index in [0.29, 0.717) is 30.3 Å². The molecule has 1 aromatic rings. The lowest BCUT2D eigenvalue weighted by Gasteiger charge is -2.32. The summed E-state index contributed by atoms with van der Waals surface area (Å²) in [6.07, 6.45) is 2.61. The molecule has 1 aliphatic heterocycles. The number of likely N-dealkylation sites (tertiary alicyclic amines) is 1. The van der Waals surface area contributed by atoms with Gasteiger partial charge in [0.15, 0.2) is 0 Å². The first kappa shape index (κ1) is 14.3. The Kier molecular flexibility index (Phi) is 4.82. The molecule has 1 unspecified atom stereocenters. The second kappa shape index (κ2) is 6.39. The summed E-state index contributed by atoms with van der Waals surface area (Å²) in [4.78, 5) is 14.6. The monoisotopic (exact) mass is 283 g/mol. The third kappa shape index (κ3) is 3.48. The van der Waals surface area contributed by atoms with Crippen LogP contribution in [0.15, 0.2) is 23.1 Å². The van der Waals surface area contributed by atoms with Gasteiger partial charge in [0, 0.05) is 24.6 Å². The minimum absolute atomic E-state index is 0.0807. The maximum atomic E-state index is 13.7. The molecule has 0 radical (unpaired) electrons. The van der Waals surface area contributed by atoms with Crippen molar-refractivity contribution in [2.75, 3.05) is 19.7 Å². The zero-order valence-corrected chi connectivity index (χ0v) is 11.6. The molecule has 1 fully saturated rings. The Hall–Kier alpha value is -1.07. The van der Waals surface area contributed by atoms with Gasteiger partial charge in [0.2, 0.25) is 0 Å². The van der Waals surface area contributed by atoms with Gasteiger partial charge in [-0.25, -0.2) is 4.39 Å². The first-order valence-corrected chi connectivity index (χ1v) is 6.95. The van der Waals surface area contributed by atoms with Gasteiger partial charge in [-0.15, -0.1) is 12.6 Å². The summed E-state index contributed by atoms with van der Waals surface area (Å²) in [6.45, 7) is 1.37. The number of piperidine rings is 1. The summed E-state index contributed by atoms with van der Waals surface area (Å²) in [5, 5.41) is 8.97. The van der Waals surface area contributed by atoms with E-state index in [4.69, 9.17) is 5.11 Å². The predicted molar refractivity (Wildman–Crippen MR) is 74.0 cm³/mol. The Labute approximate surface area is 117 Å². The van der Waals surface area contributed by atoms with Crippen LogP contribution in [0.25, 0.3) is 0 Å². The number of aliphatic hydroxyl groups is 1. The minimum atomic E-state index is -0.507. The molecule has 1 N–H and O–H groups in total. The van der Waals surface area contributed by atoms with Gasteiger partial charge in [-0.05, 0) is 43.4 Å². The topological polar surface area (TPSA) is 40.5 Å². The maximum Gasteiger partial charge on any atom is 0.256 e. The highest BCUT2D eigenvalue weighted by Gasteiger charge is 2.25. The lowest BCUT2D eigenvalue weighted by atomic mass is 9.94. The molecule has 3 nitrogen and oxygen atoms in total. The highest BCUT2D eigenvalue weighted by atomic mass is 32.1. The number of carbonyl (C=O) groups excluding carboxylic acids is 1. The number of benzene rings is 1. The average molecular weight is 283 g/mol. The van der Waals surface area contributed by atoms with E-state index < -0.39 is 5.82 Å². The van der Waals surface area contributed by atoms with E-state index >= 15 is 0 Å². The van der Waals surface area contributed by atoms with Gasteiger partial charge in [-0.1, -0.05) is 0 Å². The van der Waals surface area contributed by atoms with Crippen LogP contribution < -0.4 is 0 Å². The highest BCUT2D eigenvalue weighted by molar-refractivity contribution is 7.80. The molecule has 1 heterocycles. The Morgan fingerprint density at radius 1 is 1.53 bits per heavy atom. The van der Waals surface area contributed by atoms with Crippen LogP contribution in [-0.4, -0.2) is 35.6 Å². The van der Waals surface area contributed by atoms with E-state index in [0.717, 1.165) is 12.8 Å². The molecule has 0 bridgehead atoms. The molecular formula is C14H18FNO2S. The fraction of sp³-hybridized carbons (Fsp3) is 0.500. The molecule has 1 saturated heterocycles. The van der Waals surface area contributed by atoms with Gasteiger partial charge in [-0.3, -0.25) is 4.79 Å². The molecule has 0 spiro atoms. The fourth-order valence-electron chi connectivity index (χ4n) is 2.52. The number of nitrogens with zero attached hydrogens (tertiary/aromatic N) is 1. The van der Waals surface area contributed by atoms with E-state index in [2.05, 4.69) is 12.6 Å². The number of aliphatic hydroxyl groups excluding tert-OH is 1. The summed E-state index contributed by atoms with van der Waals surface area (Å²) >= 11 is 4.14. The Balaban J connectivity index is 2.12. The van der Waals surface area contributed by atoms with Crippen molar-refractivity contribution in [2.45, 2.75) is 24.2 Å². The zero-order chi connectivity index (χ0) is 13.8. The van der Waals surface area contributed by atoms with Crippen LogP contribution in [0.5, 0.6) is 0 Å². The van der Waals surface area contributed by atoms with Gasteiger partial charge in [0.25, 0.3) is 5.91 Å². The maximum absolute atomic E-state index is 13.7. The smallest absolute Gasteiger partial charge is 0.256 e. The minimum Gasteiger partial charge on any atom is -0.396 e. The fourth-order valence-corrected chi connectivity index (χ4v) is 2.72. The van der Waals surface area contributed by atoms with E-state index in [9.17, 15) is 9.18 Å². The van der Waals surface area contributed by atoms with Crippen molar-refractivity contribution in [3.8, 4) is 0 Å². The van der Waals surface area contributed by atoms with Crippen LogP contribution in [0.1, 0.15) is 29.6 Å². The molecule has 104 valence electrons. The van der Waals surface area contributed by atoms with Gasteiger partial charge in [0.05, 0.1) is 5.56 Å². The average Bonchev–Trinajstić information content (AvgIpc) is 2.41. The number of amides is 1. The SMILES string of the molecule is O=C(c1cc(S)ccc1F)N1CCCC(CCO)C1. The predicted octanol–water partition coefficient (Wildman–Crippen LogP) is 2.35. The molecule has 1 aliphatic rings. The number of hydrogen-bond donors (Lipinski definition) is 2. The zero-order valence-electron chi connectivity index (χ0n) is 10.7. The van der Waals surface area contributed by atoms with Crippen molar-refractivity contribution >= 4 is 18.5 Å². The third-order valence-electron chi connectivity index (χ3n) is 3.52. The summed E-state index contributed by atoms with van der Waals surface area (Å²) in [6, 6.07) is 4.27. The quantitative estimate of drug-likeness (QED) is 0.836. The van der Waals surface area contributed by atoms with E-state index in [1.165, 1.54) is 18.2 Å². The number of hydrogen-bond acceptors (Lipinski definition) is 3. The summed E-state index contributed by atoms with van der Waals surface area (Å²) in [5.41, 5.74) is 0.0807. The van der Waals surface area contributed by atoms with Crippen LogP contribution >= 0.6 is 12.6 Å². The lowest BCUT2D eigenvalue weighted by Crippen LogP contribution is -2.40. The molecule has 0 aliphatic carbocycles. The second-order valence-corrected chi connectivity index (χ2v) is 5.45. The van der Waals surface area contributed by atoms with Crippen molar-refractivity contribution in [2.24, 2.45) is 5.92 Å². The first-order valence-electron chi connectivity index (χ1n) is 6.50. The number of carbonyl (C=O) groups is 1. The van der Waals surface area contributed by atoms with Crippen molar-refractivity contribution in [3.05, 3.63) is 29.6 Å². The van der Waals surface area contributed by atoms with Gasteiger partial charge in [0.1, 0.15) is 5.82 Å². The third-order valence-corrected chi connectivity index (χ3v) is 3.80. The van der Waals surface area contributed by atoms with E-state index in [1.807, 2.05) is 0 Å². The van der Waals surface area contributed by atoms with Crippen molar-refractivity contribution in [3.63, 3.8) is 0 Å². The van der Waals surface area contributed by atoms with Crippen molar-refractivity contribution < 1.29 is 14.3 Å². The van der Waals surface area contributed by atoms with E-state index in [-0.39, 0.29) is 18.1 Å². The molecule has 1 aromatic carbocycles. The normalized spacial score (nSPS) is 19.5. The molecular weight excluding hydrogens is 265 g/mol. The van der Waals surface area contributed by atoms with Crippen LogP contribution in [0, 0.1) is 11.7 Å². The van der Waals surface area contributed by atoms with Crippen LogP contribution in [0.3, 0.4) is 0 Å². The van der Waals surface area contributed by atoms with Crippen molar-refractivity contribution in [1.82, 2.24) is 4.90 Å². The number of thiol groups is 1. The lowest BCUT2D eigenvalue weighted by molar-refractivity contribution is 0.0648. The van der Waals surface area contributed by atoms with Gasteiger partial charge < -0.3 is 10.0 Å². The standard InChI is InChI=1S/C14H18FNO2S/c15-13-4-3-11(19)8-12(13)14(18)16-6-1-2-10(9-16)5-7-17/h3-4,8,10,17,19H,1-2,5-7,9H2. The second-order valence-electron chi connectivity index (χ2n) is 4.94. The molecule has 0 saturated carbocycles.